The van der Waals surface area contributed by atoms with Gasteiger partial charge in [0, 0.05) is 25.0 Å². The summed E-state index contributed by atoms with van der Waals surface area (Å²) in [4.78, 5) is 1.41. The van der Waals surface area contributed by atoms with Crippen molar-refractivity contribution in [1.82, 2.24) is 15.1 Å². The third-order valence-corrected chi connectivity index (χ3v) is 4.27. The Balaban J connectivity index is 1.75. The van der Waals surface area contributed by atoms with E-state index in [9.17, 15) is 0 Å². The number of nitrogens with one attached hydrogen (secondary N) is 1. The fraction of sp³-hybridized carbons (Fsp3) is 0.417. The van der Waals surface area contributed by atoms with E-state index in [1.807, 2.05) is 18.7 Å². The van der Waals surface area contributed by atoms with Crippen molar-refractivity contribution in [2.24, 2.45) is 7.05 Å². The molecule has 92 valence electrons. The van der Waals surface area contributed by atoms with Gasteiger partial charge in [0.05, 0.1) is 15.2 Å². The molecular formula is C12H16BrN3S. The summed E-state index contributed by atoms with van der Waals surface area (Å²) in [5.41, 5.74) is 2.31. The molecule has 1 N–H and O–H groups in total. The van der Waals surface area contributed by atoms with Crippen molar-refractivity contribution in [3.05, 3.63) is 38.3 Å². The van der Waals surface area contributed by atoms with E-state index in [0.29, 0.717) is 0 Å². The highest BCUT2D eigenvalue weighted by atomic mass is 79.9. The summed E-state index contributed by atoms with van der Waals surface area (Å²) < 4.78 is 3.14. The van der Waals surface area contributed by atoms with Crippen LogP contribution in [0.2, 0.25) is 0 Å². The molecular weight excluding hydrogens is 298 g/mol. The first-order valence-electron chi connectivity index (χ1n) is 5.59. The summed E-state index contributed by atoms with van der Waals surface area (Å²) in [5, 5.41) is 7.77. The summed E-state index contributed by atoms with van der Waals surface area (Å²) in [5.74, 6) is 0. The van der Waals surface area contributed by atoms with Crippen LogP contribution in [-0.2, 0) is 20.0 Å². The van der Waals surface area contributed by atoms with Crippen LogP contribution in [0.5, 0.6) is 0 Å². The van der Waals surface area contributed by atoms with E-state index in [1.165, 1.54) is 14.4 Å². The normalized spacial score (nSPS) is 11.0. The predicted molar refractivity (Wildman–Crippen MR) is 75.4 cm³/mol. The topological polar surface area (TPSA) is 29.9 Å². The molecule has 0 radical (unpaired) electrons. The molecule has 0 aliphatic heterocycles. The van der Waals surface area contributed by atoms with Crippen LogP contribution in [0, 0.1) is 6.92 Å². The summed E-state index contributed by atoms with van der Waals surface area (Å²) in [6.07, 6.45) is 1.08. The first-order chi connectivity index (χ1) is 8.15. The van der Waals surface area contributed by atoms with Crippen molar-refractivity contribution in [3.8, 4) is 0 Å². The number of hydrogen-bond acceptors (Lipinski definition) is 3. The number of halogens is 1. The molecule has 0 saturated heterocycles. The van der Waals surface area contributed by atoms with Gasteiger partial charge in [-0.05, 0) is 47.5 Å². The van der Waals surface area contributed by atoms with Crippen LogP contribution in [-0.4, -0.2) is 16.3 Å². The Bertz CT molecular complexity index is 490. The van der Waals surface area contributed by atoms with Crippen molar-refractivity contribution in [2.45, 2.75) is 19.9 Å². The van der Waals surface area contributed by atoms with Gasteiger partial charge in [-0.2, -0.15) is 5.10 Å². The van der Waals surface area contributed by atoms with Crippen molar-refractivity contribution in [2.75, 3.05) is 6.54 Å². The molecule has 0 amide bonds. The second-order valence-corrected chi connectivity index (χ2v) is 6.58. The van der Waals surface area contributed by atoms with E-state index >= 15 is 0 Å². The Morgan fingerprint density at radius 1 is 1.47 bits per heavy atom. The lowest BCUT2D eigenvalue weighted by atomic mass is 10.3. The Labute approximate surface area is 114 Å². The Morgan fingerprint density at radius 2 is 2.29 bits per heavy atom. The molecule has 2 aromatic rings. The first-order valence-corrected chi connectivity index (χ1v) is 7.20. The van der Waals surface area contributed by atoms with Gasteiger partial charge in [-0.3, -0.25) is 4.68 Å². The van der Waals surface area contributed by atoms with Crippen molar-refractivity contribution in [1.29, 1.82) is 0 Å². The predicted octanol–water partition coefficient (Wildman–Crippen LogP) is 2.88. The number of thiophene rings is 1. The fourth-order valence-electron chi connectivity index (χ4n) is 1.74. The molecule has 0 aromatic carbocycles. The van der Waals surface area contributed by atoms with Gasteiger partial charge in [-0.15, -0.1) is 11.3 Å². The zero-order valence-corrected chi connectivity index (χ0v) is 12.4. The van der Waals surface area contributed by atoms with Gasteiger partial charge in [0.2, 0.25) is 0 Å². The number of aromatic nitrogens is 2. The largest absolute Gasteiger partial charge is 0.311 e. The van der Waals surface area contributed by atoms with Gasteiger partial charge in [-0.25, -0.2) is 0 Å². The molecule has 0 aliphatic rings. The molecule has 5 heteroatoms. The second-order valence-electron chi connectivity index (χ2n) is 4.03. The average Bonchev–Trinajstić information content (AvgIpc) is 2.81. The highest BCUT2D eigenvalue weighted by molar-refractivity contribution is 9.11. The molecule has 0 spiro atoms. The quantitative estimate of drug-likeness (QED) is 0.860. The number of nitrogens with zero attached hydrogens (tertiary/aromatic N) is 2. The third kappa shape index (κ3) is 3.66. The van der Waals surface area contributed by atoms with Gasteiger partial charge in [0.25, 0.3) is 0 Å². The van der Waals surface area contributed by atoms with Gasteiger partial charge >= 0.3 is 0 Å². The lowest BCUT2D eigenvalue weighted by Gasteiger charge is -2.03. The summed E-state index contributed by atoms with van der Waals surface area (Å²) in [7, 11) is 1.99. The number of rotatable bonds is 5. The van der Waals surface area contributed by atoms with E-state index in [0.717, 1.165) is 25.2 Å². The van der Waals surface area contributed by atoms with Crippen LogP contribution in [0.3, 0.4) is 0 Å². The van der Waals surface area contributed by atoms with Gasteiger partial charge in [-0.1, -0.05) is 0 Å². The smallest absolute Gasteiger partial charge is 0.0701 e. The molecule has 0 atom stereocenters. The fourth-order valence-corrected chi connectivity index (χ4v) is 3.23. The molecule has 0 saturated carbocycles. The minimum atomic E-state index is 0.879. The molecule has 2 aromatic heterocycles. The van der Waals surface area contributed by atoms with Gasteiger partial charge in [0.1, 0.15) is 0 Å². The molecule has 2 rings (SSSR count). The van der Waals surface area contributed by atoms with E-state index in [-0.39, 0.29) is 0 Å². The number of aryl methyl sites for hydroxylation is 2. The zero-order chi connectivity index (χ0) is 12.3. The maximum absolute atomic E-state index is 4.32. The molecule has 0 aliphatic carbocycles. The van der Waals surface area contributed by atoms with E-state index in [4.69, 9.17) is 0 Å². The highest BCUT2D eigenvalue weighted by Gasteiger charge is 2.01. The highest BCUT2D eigenvalue weighted by Crippen LogP contribution is 2.22. The van der Waals surface area contributed by atoms with Crippen LogP contribution in [0.15, 0.2) is 22.0 Å². The van der Waals surface area contributed by atoms with E-state index < -0.39 is 0 Å². The van der Waals surface area contributed by atoms with Crippen molar-refractivity contribution < 1.29 is 0 Å². The van der Waals surface area contributed by atoms with Crippen molar-refractivity contribution >= 4 is 27.3 Å². The van der Waals surface area contributed by atoms with Crippen LogP contribution >= 0.6 is 27.3 Å². The third-order valence-electron chi connectivity index (χ3n) is 2.58. The average molecular weight is 314 g/mol. The maximum Gasteiger partial charge on any atom is 0.0701 e. The summed E-state index contributed by atoms with van der Waals surface area (Å²) >= 11 is 5.28. The van der Waals surface area contributed by atoms with E-state index in [1.54, 1.807) is 11.3 Å². The molecule has 0 bridgehead atoms. The Morgan fingerprint density at radius 3 is 2.88 bits per heavy atom. The minimum Gasteiger partial charge on any atom is -0.311 e. The molecule has 2 heterocycles. The van der Waals surface area contributed by atoms with Crippen LogP contribution in [0.4, 0.5) is 0 Å². The van der Waals surface area contributed by atoms with Crippen LogP contribution < -0.4 is 5.32 Å². The number of hydrogen-bond donors (Lipinski definition) is 1. The monoisotopic (exact) mass is 313 g/mol. The second kappa shape index (κ2) is 5.80. The summed E-state index contributed by atoms with van der Waals surface area (Å²) in [6, 6.07) is 6.39. The SMILES string of the molecule is Cc1cc(CNCCc2ccc(Br)s2)n(C)n1. The lowest BCUT2D eigenvalue weighted by Crippen LogP contribution is -2.18. The molecule has 17 heavy (non-hydrogen) atoms. The maximum atomic E-state index is 4.32. The summed E-state index contributed by atoms with van der Waals surface area (Å²) in [6.45, 7) is 3.90. The Kier molecular flexibility index (Phi) is 4.36. The minimum absolute atomic E-state index is 0.879. The van der Waals surface area contributed by atoms with Crippen LogP contribution in [0.25, 0.3) is 0 Å². The van der Waals surface area contributed by atoms with Crippen LogP contribution in [0.1, 0.15) is 16.3 Å². The standard InChI is InChI=1S/C12H16BrN3S/c1-9-7-10(16(2)15-9)8-14-6-5-11-3-4-12(13)17-11/h3-4,7,14H,5-6,8H2,1-2H3. The molecule has 0 unspecified atom stereocenters. The molecule has 0 fully saturated rings. The van der Waals surface area contributed by atoms with E-state index in [2.05, 4.69) is 44.5 Å². The first kappa shape index (κ1) is 12.8. The van der Waals surface area contributed by atoms with Crippen molar-refractivity contribution in [3.63, 3.8) is 0 Å². The lowest BCUT2D eigenvalue weighted by molar-refractivity contribution is 0.626. The molecule has 3 nitrogen and oxygen atoms in total. The Hall–Kier alpha value is -0.650. The zero-order valence-electron chi connectivity index (χ0n) is 10.0. The van der Waals surface area contributed by atoms with Gasteiger partial charge in [0.15, 0.2) is 0 Å². The van der Waals surface area contributed by atoms with Gasteiger partial charge < -0.3 is 5.32 Å².